The Labute approximate surface area is 130 Å². The molecular formula is C16H21ClN2S. The van der Waals surface area contributed by atoms with Crippen LogP contribution in [-0.4, -0.2) is 11.5 Å². The second kappa shape index (κ2) is 7.21. The first-order chi connectivity index (χ1) is 9.61. The van der Waals surface area contributed by atoms with Crippen molar-refractivity contribution in [1.82, 2.24) is 10.3 Å². The van der Waals surface area contributed by atoms with Crippen LogP contribution in [0.3, 0.4) is 0 Å². The van der Waals surface area contributed by atoms with Gasteiger partial charge in [0.1, 0.15) is 0 Å². The van der Waals surface area contributed by atoms with Crippen LogP contribution in [0.4, 0.5) is 0 Å². The lowest BCUT2D eigenvalue weighted by molar-refractivity contribution is 0.528. The van der Waals surface area contributed by atoms with E-state index >= 15 is 0 Å². The maximum atomic E-state index is 6.48. The molecule has 108 valence electrons. The normalized spacial score (nSPS) is 12.6. The first kappa shape index (κ1) is 15.5. The van der Waals surface area contributed by atoms with Gasteiger partial charge in [0, 0.05) is 28.6 Å². The van der Waals surface area contributed by atoms with Gasteiger partial charge < -0.3 is 5.32 Å². The molecule has 0 amide bonds. The standard InChI is InChI=1S/C16H21ClN2S/c1-4-8-18-14(9-15-19-12(3)10-20-15)13-7-5-6-11(2)16(13)17/h5-7,10,14,18H,4,8-9H2,1-3H3. The quantitative estimate of drug-likeness (QED) is 0.837. The van der Waals surface area contributed by atoms with E-state index in [2.05, 4.69) is 47.7 Å². The number of hydrogen-bond acceptors (Lipinski definition) is 3. The molecule has 2 aromatic rings. The molecule has 1 aromatic carbocycles. The van der Waals surface area contributed by atoms with Crippen LogP contribution in [-0.2, 0) is 6.42 Å². The Morgan fingerprint density at radius 2 is 2.15 bits per heavy atom. The molecule has 0 aliphatic carbocycles. The van der Waals surface area contributed by atoms with E-state index < -0.39 is 0 Å². The fourth-order valence-corrected chi connectivity index (χ4v) is 3.30. The second-order valence-corrected chi connectivity index (χ2v) is 6.39. The van der Waals surface area contributed by atoms with Crippen molar-refractivity contribution in [3.8, 4) is 0 Å². The molecule has 1 N–H and O–H groups in total. The zero-order chi connectivity index (χ0) is 14.5. The molecule has 1 aromatic heterocycles. The van der Waals surface area contributed by atoms with E-state index in [0.717, 1.165) is 40.7 Å². The summed E-state index contributed by atoms with van der Waals surface area (Å²) in [7, 11) is 0. The van der Waals surface area contributed by atoms with Gasteiger partial charge in [0.25, 0.3) is 0 Å². The van der Waals surface area contributed by atoms with Gasteiger partial charge in [-0.3, -0.25) is 0 Å². The van der Waals surface area contributed by atoms with Gasteiger partial charge in [-0.05, 0) is 37.9 Å². The van der Waals surface area contributed by atoms with Gasteiger partial charge in [0.2, 0.25) is 0 Å². The minimum atomic E-state index is 0.230. The Bertz CT molecular complexity index is 565. The van der Waals surface area contributed by atoms with E-state index in [1.54, 1.807) is 11.3 Å². The van der Waals surface area contributed by atoms with E-state index in [4.69, 9.17) is 11.6 Å². The maximum Gasteiger partial charge on any atom is 0.0947 e. The predicted molar refractivity (Wildman–Crippen MR) is 87.8 cm³/mol. The van der Waals surface area contributed by atoms with Crippen LogP contribution >= 0.6 is 22.9 Å². The Kier molecular flexibility index (Phi) is 5.58. The van der Waals surface area contributed by atoms with Gasteiger partial charge in [0.05, 0.1) is 5.01 Å². The van der Waals surface area contributed by atoms with Crippen molar-refractivity contribution in [2.24, 2.45) is 0 Å². The summed E-state index contributed by atoms with van der Waals surface area (Å²) in [6.07, 6.45) is 2.00. The number of thiazole rings is 1. The van der Waals surface area contributed by atoms with Crippen molar-refractivity contribution in [1.29, 1.82) is 0 Å². The van der Waals surface area contributed by atoms with Crippen LogP contribution < -0.4 is 5.32 Å². The van der Waals surface area contributed by atoms with Crippen molar-refractivity contribution < 1.29 is 0 Å². The average Bonchev–Trinajstić information content (AvgIpc) is 2.83. The number of nitrogens with zero attached hydrogens (tertiary/aromatic N) is 1. The van der Waals surface area contributed by atoms with Crippen molar-refractivity contribution in [2.75, 3.05) is 6.54 Å². The monoisotopic (exact) mass is 308 g/mol. The van der Waals surface area contributed by atoms with Gasteiger partial charge >= 0.3 is 0 Å². The highest BCUT2D eigenvalue weighted by atomic mass is 35.5. The summed E-state index contributed by atoms with van der Waals surface area (Å²) in [6, 6.07) is 6.47. The van der Waals surface area contributed by atoms with Gasteiger partial charge in [-0.2, -0.15) is 0 Å². The summed E-state index contributed by atoms with van der Waals surface area (Å²) >= 11 is 8.20. The number of halogens is 1. The van der Waals surface area contributed by atoms with E-state index in [1.165, 1.54) is 5.56 Å². The van der Waals surface area contributed by atoms with E-state index in [9.17, 15) is 0 Å². The number of aryl methyl sites for hydroxylation is 2. The van der Waals surface area contributed by atoms with Crippen LogP contribution in [0.15, 0.2) is 23.6 Å². The molecule has 1 atom stereocenters. The van der Waals surface area contributed by atoms with Gasteiger partial charge in [-0.25, -0.2) is 4.98 Å². The minimum absolute atomic E-state index is 0.230. The minimum Gasteiger partial charge on any atom is -0.310 e. The number of nitrogens with one attached hydrogen (secondary N) is 1. The number of aromatic nitrogens is 1. The Hall–Kier alpha value is -0.900. The van der Waals surface area contributed by atoms with Crippen LogP contribution in [0, 0.1) is 13.8 Å². The fourth-order valence-electron chi connectivity index (χ4n) is 2.22. The van der Waals surface area contributed by atoms with Crippen LogP contribution in [0.25, 0.3) is 0 Å². The highest BCUT2D eigenvalue weighted by molar-refractivity contribution is 7.09. The molecule has 1 heterocycles. The van der Waals surface area contributed by atoms with Gasteiger partial charge in [0.15, 0.2) is 0 Å². The highest BCUT2D eigenvalue weighted by Gasteiger charge is 2.17. The van der Waals surface area contributed by atoms with Crippen molar-refractivity contribution in [3.63, 3.8) is 0 Å². The zero-order valence-electron chi connectivity index (χ0n) is 12.2. The van der Waals surface area contributed by atoms with Crippen molar-refractivity contribution >= 4 is 22.9 Å². The van der Waals surface area contributed by atoms with Crippen molar-refractivity contribution in [2.45, 2.75) is 39.7 Å². The number of rotatable bonds is 6. The Morgan fingerprint density at radius 1 is 1.35 bits per heavy atom. The third kappa shape index (κ3) is 3.81. The van der Waals surface area contributed by atoms with Gasteiger partial charge in [-0.1, -0.05) is 36.7 Å². The molecule has 4 heteroatoms. The number of benzene rings is 1. The molecule has 0 saturated heterocycles. The van der Waals surface area contributed by atoms with E-state index in [0.29, 0.717) is 0 Å². The van der Waals surface area contributed by atoms with Crippen LogP contribution in [0.1, 0.15) is 41.2 Å². The summed E-state index contributed by atoms with van der Waals surface area (Å²) in [5.41, 5.74) is 3.39. The molecule has 0 aliphatic heterocycles. The molecule has 0 bridgehead atoms. The molecule has 0 fully saturated rings. The summed E-state index contributed by atoms with van der Waals surface area (Å²) in [5.74, 6) is 0. The topological polar surface area (TPSA) is 24.9 Å². The summed E-state index contributed by atoms with van der Waals surface area (Å²) < 4.78 is 0. The summed E-state index contributed by atoms with van der Waals surface area (Å²) in [5, 5.41) is 7.73. The Morgan fingerprint density at radius 3 is 2.80 bits per heavy atom. The third-order valence-corrected chi connectivity index (χ3v) is 4.79. The largest absolute Gasteiger partial charge is 0.310 e. The smallest absolute Gasteiger partial charge is 0.0947 e. The lowest BCUT2D eigenvalue weighted by atomic mass is 10.0. The number of hydrogen-bond donors (Lipinski definition) is 1. The second-order valence-electron chi connectivity index (χ2n) is 5.07. The van der Waals surface area contributed by atoms with Gasteiger partial charge in [-0.15, -0.1) is 11.3 Å². The lowest BCUT2D eigenvalue weighted by Gasteiger charge is -2.20. The van der Waals surface area contributed by atoms with Crippen molar-refractivity contribution in [3.05, 3.63) is 50.4 Å². The van der Waals surface area contributed by atoms with Crippen LogP contribution in [0.2, 0.25) is 5.02 Å². The zero-order valence-corrected chi connectivity index (χ0v) is 13.8. The maximum absolute atomic E-state index is 6.48. The first-order valence-corrected chi connectivity index (χ1v) is 8.27. The van der Waals surface area contributed by atoms with E-state index in [-0.39, 0.29) is 6.04 Å². The molecule has 2 rings (SSSR count). The molecule has 0 saturated carbocycles. The molecule has 2 nitrogen and oxygen atoms in total. The highest BCUT2D eigenvalue weighted by Crippen LogP contribution is 2.29. The molecular weight excluding hydrogens is 288 g/mol. The van der Waals surface area contributed by atoms with E-state index in [1.807, 2.05) is 6.92 Å². The molecule has 0 radical (unpaired) electrons. The molecule has 0 aliphatic rings. The molecule has 1 unspecified atom stereocenters. The predicted octanol–water partition coefficient (Wildman–Crippen LogP) is 4.70. The lowest BCUT2D eigenvalue weighted by Crippen LogP contribution is -2.24. The fraction of sp³-hybridized carbons (Fsp3) is 0.438. The molecule has 20 heavy (non-hydrogen) atoms. The average molecular weight is 309 g/mol. The summed E-state index contributed by atoms with van der Waals surface area (Å²) in [4.78, 5) is 4.57. The summed E-state index contributed by atoms with van der Waals surface area (Å²) in [6.45, 7) is 7.25. The third-order valence-electron chi connectivity index (χ3n) is 3.28. The SMILES string of the molecule is CCCNC(Cc1nc(C)cs1)c1cccc(C)c1Cl. The Balaban J connectivity index is 2.24. The first-order valence-electron chi connectivity index (χ1n) is 7.01. The van der Waals surface area contributed by atoms with Crippen LogP contribution in [0.5, 0.6) is 0 Å². The molecule has 0 spiro atoms.